The van der Waals surface area contributed by atoms with Crippen molar-refractivity contribution in [1.29, 1.82) is 0 Å². The number of hydrogen-bond donors (Lipinski definition) is 1. The predicted octanol–water partition coefficient (Wildman–Crippen LogP) is 1.84. The van der Waals surface area contributed by atoms with Gasteiger partial charge in [-0.1, -0.05) is 6.92 Å². The summed E-state index contributed by atoms with van der Waals surface area (Å²) in [4.78, 5) is 21.6. The number of fused-ring (bicyclic) bond motifs is 1. The third-order valence-corrected chi connectivity index (χ3v) is 3.76. The normalized spacial score (nSPS) is 14.7. The minimum atomic E-state index is -0.00396. The van der Waals surface area contributed by atoms with Crippen LogP contribution in [0.5, 0.6) is 0 Å². The third kappa shape index (κ3) is 5.64. The molecule has 123 valence electrons. The summed E-state index contributed by atoms with van der Waals surface area (Å²) in [7, 11) is 0. The largest absolute Gasteiger partial charge is 0.796 e. The molecule has 0 aromatic carbocycles. The van der Waals surface area contributed by atoms with Gasteiger partial charge in [-0.2, -0.15) is 6.26 Å². The van der Waals surface area contributed by atoms with Crippen molar-refractivity contribution in [2.24, 2.45) is 0 Å². The number of nitrogens with one attached hydrogen (secondary N) is 1. The van der Waals surface area contributed by atoms with Crippen LogP contribution >= 0.6 is 0 Å². The molecule has 1 fully saturated rings. The Labute approximate surface area is 167 Å². The first-order valence-corrected chi connectivity index (χ1v) is 8.35. The van der Waals surface area contributed by atoms with Crippen LogP contribution in [0.1, 0.15) is 18.1 Å². The molecule has 1 aliphatic rings. The summed E-state index contributed by atoms with van der Waals surface area (Å²) in [5.74, 6) is 0. The molecule has 0 atom stereocenters. The summed E-state index contributed by atoms with van der Waals surface area (Å²) in [5, 5.41) is 4.34. The molecular formula is C16H22N4OSY-2. The fraction of sp³-hybridized carbons (Fsp3) is 0.500. The molecule has 2 aromatic heterocycles. The summed E-state index contributed by atoms with van der Waals surface area (Å²) >= 11 is 4.08. The number of aromatic amines is 1. The number of H-pyrrole nitrogens is 1. The maximum Gasteiger partial charge on any atom is 0.251 e. The Morgan fingerprint density at radius 3 is 2.65 bits per heavy atom. The number of aryl methyl sites for hydroxylation is 1. The minimum absolute atomic E-state index is 0. The van der Waals surface area contributed by atoms with Crippen molar-refractivity contribution in [3.05, 3.63) is 45.1 Å². The average Bonchev–Trinajstić information content (AvgIpc) is 2.57. The topological polar surface area (TPSA) is 63.1 Å². The van der Waals surface area contributed by atoms with Gasteiger partial charge in [0.1, 0.15) is 0 Å². The van der Waals surface area contributed by atoms with Crippen LogP contribution in [0.4, 0.5) is 0 Å². The van der Waals surface area contributed by atoms with E-state index in [-0.39, 0.29) is 38.3 Å². The van der Waals surface area contributed by atoms with E-state index in [2.05, 4.69) is 32.8 Å². The van der Waals surface area contributed by atoms with Gasteiger partial charge in [0.05, 0.1) is 11.0 Å². The van der Waals surface area contributed by atoms with Crippen LogP contribution in [0.3, 0.4) is 0 Å². The van der Waals surface area contributed by atoms with E-state index in [0.717, 1.165) is 61.3 Å². The van der Waals surface area contributed by atoms with Crippen LogP contribution in [0.2, 0.25) is 0 Å². The Kier molecular flexibility index (Phi) is 9.55. The van der Waals surface area contributed by atoms with E-state index in [9.17, 15) is 4.79 Å². The number of aromatic nitrogens is 2. The van der Waals surface area contributed by atoms with Gasteiger partial charge in [-0.3, -0.25) is 9.78 Å². The van der Waals surface area contributed by atoms with Gasteiger partial charge in [-0.25, -0.2) is 0 Å². The second kappa shape index (κ2) is 10.6. The molecule has 23 heavy (non-hydrogen) atoms. The number of nitrogens with zero attached hydrogens (tertiary/aromatic N) is 3. The van der Waals surface area contributed by atoms with Gasteiger partial charge in [0.2, 0.25) is 0 Å². The minimum Gasteiger partial charge on any atom is -0.796 e. The summed E-state index contributed by atoms with van der Waals surface area (Å²) in [6, 6.07) is 3.92. The molecule has 0 spiro atoms. The van der Waals surface area contributed by atoms with Gasteiger partial charge >= 0.3 is 0 Å². The molecule has 0 saturated carbocycles. The summed E-state index contributed by atoms with van der Waals surface area (Å²) in [6.45, 7) is 6.68. The Bertz CT molecular complexity index is 671. The van der Waals surface area contributed by atoms with Crippen LogP contribution in [-0.2, 0) is 58.3 Å². The molecule has 7 heteroatoms. The quantitative estimate of drug-likeness (QED) is 0.789. The average molecular weight is 407 g/mol. The van der Waals surface area contributed by atoms with Gasteiger partial charge in [0.25, 0.3) is 5.56 Å². The monoisotopic (exact) mass is 407 g/mol. The zero-order valence-electron chi connectivity index (χ0n) is 13.7. The SMILES string of the molecule is CCc1cc2ncc(CN3CC[N-]CC3)cc2[nH]c1=O.C[S-].[Y]. The number of hydrogen-bond acceptors (Lipinski definition) is 4. The summed E-state index contributed by atoms with van der Waals surface area (Å²) < 4.78 is 0. The molecule has 0 aliphatic carbocycles. The predicted molar refractivity (Wildman–Crippen MR) is 93.4 cm³/mol. The van der Waals surface area contributed by atoms with Crippen LogP contribution in [-0.4, -0.2) is 47.3 Å². The zero-order chi connectivity index (χ0) is 15.9. The first-order valence-electron chi connectivity index (χ1n) is 7.53. The molecule has 1 saturated heterocycles. The number of piperazine rings is 1. The molecule has 1 radical (unpaired) electrons. The number of rotatable bonds is 3. The van der Waals surface area contributed by atoms with E-state index in [1.54, 1.807) is 6.26 Å². The van der Waals surface area contributed by atoms with Gasteiger partial charge in [0.15, 0.2) is 0 Å². The standard InChI is InChI=1S/C15H19N4O.CH4S.Y/c1-2-12-8-13-14(18-15(12)20)7-11(9-17-13)10-19-5-3-16-4-6-19;1-2;/h7-9H,2-6,10H2,1H3,(H,18,20);2H,1H3;/q-1;;/p-1. The first kappa shape index (κ1) is 20.8. The second-order valence-electron chi connectivity index (χ2n) is 5.20. The maximum atomic E-state index is 11.9. The van der Waals surface area contributed by atoms with Crippen LogP contribution in [0.25, 0.3) is 16.4 Å². The summed E-state index contributed by atoms with van der Waals surface area (Å²) in [5.41, 5.74) is 3.61. The maximum absolute atomic E-state index is 11.9. The van der Waals surface area contributed by atoms with Crippen LogP contribution in [0, 0.1) is 0 Å². The molecule has 0 unspecified atom stereocenters. The summed E-state index contributed by atoms with van der Waals surface area (Å²) in [6.07, 6.45) is 4.22. The molecule has 5 nitrogen and oxygen atoms in total. The van der Waals surface area contributed by atoms with Crippen molar-refractivity contribution in [2.45, 2.75) is 19.9 Å². The van der Waals surface area contributed by atoms with Crippen molar-refractivity contribution in [1.82, 2.24) is 14.9 Å². The van der Waals surface area contributed by atoms with E-state index in [1.165, 1.54) is 0 Å². The van der Waals surface area contributed by atoms with Crippen molar-refractivity contribution in [3.63, 3.8) is 0 Å². The van der Waals surface area contributed by atoms with Crippen molar-refractivity contribution in [2.75, 3.05) is 32.4 Å². The van der Waals surface area contributed by atoms with Gasteiger partial charge in [-0.15, -0.1) is 13.1 Å². The fourth-order valence-corrected chi connectivity index (χ4v) is 2.58. The van der Waals surface area contributed by atoms with Crippen molar-refractivity contribution < 1.29 is 32.7 Å². The van der Waals surface area contributed by atoms with Crippen LogP contribution in [0.15, 0.2) is 23.1 Å². The number of pyridine rings is 2. The molecule has 0 amide bonds. The Morgan fingerprint density at radius 1 is 1.30 bits per heavy atom. The van der Waals surface area contributed by atoms with Gasteiger partial charge in [-0.05, 0) is 37.2 Å². The Morgan fingerprint density at radius 2 is 2.00 bits per heavy atom. The Balaban J connectivity index is 0.000000849. The first-order chi connectivity index (χ1) is 10.8. The van der Waals surface area contributed by atoms with Gasteiger partial charge in [0, 0.05) is 51.0 Å². The van der Waals surface area contributed by atoms with E-state index >= 15 is 0 Å². The molecule has 1 N–H and O–H groups in total. The fourth-order valence-electron chi connectivity index (χ4n) is 2.58. The van der Waals surface area contributed by atoms with E-state index in [0.29, 0.717) is 0 Å². The van der Waals surface area contributed by atoms with Gasteiger partial charge < -0.3 is 27.8 Å². The molecule has 2 aromatic rings. The zero-order valence-corrected chi connectivity index (χ0v) is 17.4. The third-order valence-electron chi connectivity index (χ3n) is 3.76. The Hall–Kier alpha value is -0.266. The van der Waals surface area contributed by atoms with E-state index in [1.807, 2.05) is 25.3 Å². The van der Waals surface area contributed by atoms with Crippen molar-refractivity contribution in [3.8, 4) is 0 Å². The second-order valence-corrected chi connectivity index (χ2v) is 5.20. The molecular weight excluding hydrogens is 385 g/mol. The molecule has 3 rings (SSSR count). The van der Waals surface area contributed by atoms with E-state index < -0.39 is 0 Å². The van der Waals surface area contributed by atoms with Crippen molar-refractivity contribution >= 4 is 23.7 Å². The molecule has 1 aliphatic heterocycles. The van der Waals surface area contributed by atoms with Crippen LogP contribution < -0.4 is 5.56 Å². The smallest absolute Gasteiger partial charge is 0.251 e. The molecule has 0 bridgehead atoms. The van der Waals surface area contributed by atoms with E-state index in [4.69, 9.17) is 0 Å². The molecule has 3 heterocycles.